The normalized spacial score (nSPS) is 20.3. The highest BCUT2D eigenvalue weighted by Crippen LogP contribution is 2.46. The molecule has 1 aromatic heterocycles. The molecule has 0 unspecified atom stereocenters. The van der Waals surface area contributed by atoms with E-state index in [4.69, 9.17) is 9.47 Å². The lowest BCUT2D eigenvalue weighted by molar-refractivity contribution is -0.187. The maximum atomic E-state index is 12.6. The van der Waals surface area contributed by atoms with Crippen LogP contribution >= 0.6 is 0 Å². The number of ether oxygens (including phenoxy) is 2. The van der Waals surface area contributed by atoms with Gasteiger partial charge in [-0.25, -0.2) is 4.98 Å². The van der Waals surface area contributed by atoms with Gasteiger partial charge in [0.05, 0.1) is 19.5 Å². The molecule has 0 spiro atoms. The SMILES string of the molecule is Cc1c(S(=O)(=O)O)c([C@@H]2CO[C@](Cn3ccnc3)(c3cccc4ccccc34)O2)cc2ccccc12. The van der Waals surface area contributed by atoms with E-state index in [1.807, 2.05) is 77.5 Å². The molecule has 0 bridgehead atoms. The van der Waals surface area contributed by atoms with Crippen molar-refractivity contribution in [3.63, 3.8) is 0 Å². The maximum absolute atomic E-state index is 12.6. The zero-order valence-electron chi connectivity index (χ0n) is 19.5. The van der Waals surface area contributed by atoms with Crippen LogP contribution in [0.5, 0.6) is 0 Å². The van der Waals surface area contributed by atoms with Crippen LogP contribution in [0.25, 0.3) is 21.5 Å². The van der Waals surface area contributed by atoms with Crippen LogP contribution in [-0.4, -0.2) is 29.1 Å². The summed E-state index contributed by atoms with van der Waals surface area (Å²) in [6, 6.07) is 23.2. The van der Waals surface area contributed by atoms with Crippen LogP contribution in [0.15, 0.2) is 96.4 Å². The average Bonchev–Trinajstić information content (AvgIpc) is 3.54. The minimum absolute atomic E-state index is 0.109. The fraction of sp³-hybridized carbons (Fsp3) is 0.179. The highest BCUT2D eigenvalue weighted by atomic mass is 32.2. The molecule has 2 atom stereocenters. The second-order valence-electron chi connectivity index (χ2n) is 9.05. The van der Waals surface area contributed by atoms with Gasteiger partial charge in [0.1, 0.15) is 11.0 Å². The third-order valence-corrected chi connectivity index (χ3v) is 7.89. The Hall–Kier alpha value is -3.56. The second-order valence-corrected chi connectivity index (χ2v) is 10.4. The van der Waals surface area contributed by atoms with Crippen LogP contribution in [0.1, 0.15) is 22.8 Å². The van der Waals surface area contributed by atoms with Gasteiger partial charge in [-0.05, 0) is 40.1 Å². The van der Waals surface area contributed by atoms with Crippen LogP contribution in [0.4, 0.5) is 0 Å². The summed E-state index contributed by atoms with van der Waals surface area (Å²) in [5, 5.41) is 3.63. The van der Waals surface area contributed by atoms with E-state index in [1.165, 1.54) is 0 Å². The topological polar surface area (TPSA) is 90.7 Å². The van der Waals surface area contributed by atoms with Gasteiger partial charge < -0.3 is 14.0 Å². The molecule has 2 heterocycles. The summed E-state index contributed by atoms with van der Waals surface area (Å²) < 4.78 is 50.4. The van der Waals surface area contributed by atoms with Crippen molar-refractivity contribution in [2.75, 3.05) is 6.61 Å². The quantitative estimate of drug-likeness (QED) is 0.326. The van der Waals surface area contributed by atoms with Crippen molar-refractivity contribution in [1.29, 1.82) is 0 Å². The summed E-state index contributed by atoms with van der Waals surface area (Å²) in [5.41, 5.74) is 1.69. The number of benzene rings is 4. The summed E-state index contributed by atoms with van der Waals surface area (Å²) >= 11 is 0. The molecule has 1 aliphatic heterocycles. The van der Waals surface area contributed by atoms with Gasteiger partial charge in [0.25, 0.3) is 10.1 Å². The minimum atomic E-state index is -4.53. The van der Waals surface area contributed by atoms with Crippen LogP contribution < -0.4 is 0 Å². The van der Waals surface area contributed by atoms with Gasteiger partial charge in [0.2, 0.25) is 5.79 Å². The molecular formula is C28H24N2O5S. The van der Waals surface area contributed by atoms with Crippen molar-refractivity contribution in [3.05, 3.63) is 108 Å². The maximum Gasteiger partial charge on any atom is 0.295 e. The predicted molar refractivity (Wildman–Crippen MR) is 136 cm³/mol. The Labute approximate surface area is 208 Å². The molecule has 0 amide bonds. The molecular weight excluding hydrogens is 476 g/mol. The molecule has 1 aliphatic rings. The summed E-state index contributed by atoms with van der Waals surface area (Å²) in [4.78, 5) is 4.03. The van der Waals surface area contributed by atoms with Gasteiger partial charge in [-0.2, -0.15) is 8.42 Å². The first-order chi connectivity index (χ1) is 17.4. The number of rotatable bonds is 5. The lowest BCUT2D eigenvalue weighted by Crippen LogP contribution is -2.33. The Morgan fingerprint density at radius 3 is 2.50 bits per heavy atom. The number of aryl methyl sites for hydroxylation is 1. The van der Waals surface area contributed by atoms with Crippen molar-refractivity contribution in [3.8, 4) is 0 Å². The Morgan fingerprint density at radius 1 is 1.03 bits per heavy atom. The first kappa shape index (κ1) is 22.9. The van der Waals surface area contributed by atoms with Crippen LogP contribution in [0.3, 0.4) is 0 Å². The summed E-state index contributed by atoms with van der Waals surface area (Å²) in [7, 11) is -4.53. The number of hydrogen-bond acceptors (Lipinski definition) is 5. The number of fused-ring (bicyclic) bond motifs is 2. The van der Waals surface area contributed by atoms with E-state index >= 15 is 0 Å². The molecule has 1 saturated heterocycles. The number of imidazole rings is 1. The molecule has 5 aromatic rings. The number of aromatic nitrogens is 2. The first-order valence-electron chi connectivity index (χ1n) is 11.6. The summed E-state index contributed by atoms with van der Waals surface area (Å²) in [6.45, 7) is 2.12. The van der Waals surface area contributed by atoms with E-state index in [0.717, 1.165) is 27.1 Å². The molecule has 7 nitrogen and oxygen atoms in total. The minimum Gasteiger partial charge on any atom is -0.341 e. The zero-order chi connectivity index (χ0) is 24.9. The van der Waals surface area contributed by atoms with Crippen LogP contribution in [-0.2, 0) is 31.9 Å². The largest absolute Gasteiger partial charge is 0.341 e. The third-order valence-electron chi connectivity index (χ3n) is 6.83. The van der Waals surface area contributed by atoms with Crippen molar-refractivity contribution in [2.24, 2.45) is 0 Å². The van der Waals surface area contributed by atoms with E-state index in [1.54, 1.807) is 25.5 Å². The predicted octanol–water partition coefficient (Wildman–Crippen LogP) is 5.39. The third kappa shape index (κ3) is 3.79. The standard InChI is InChI=1S/C28H24N2O5S/c1-19-22-10-4-3-8-21(22)15-24(27(19)36(31,32)33)26-16-34-28(35-26,17-30-14-13-29-18-30)25-12-6-9-20-7-2-5-11-23(20)25/h2-15,18,26H,16-17H2,1H3,(H,31,32,33)/t26-,28-/m0/s1. The highest BCUT2D eigenvalue weighted by molar-refractivity contribution is 7.86. The molecule has 8 heteroatoms. The van der Waals surface area contributed by atoms with E-state index in [2.05, 4.69) is 4.98 Å². The highest BCUT2D eigenvalue weighted by Gasteiger charge is 2.46. The molecule has 4 aromatic carbocycles. The van der Waals surface area contributed by atoms with E-state index < -0.39 is 22.0 Å². The van der Waals surface area contributed by atoms with Gasteiger partial charge in [-0.1, -0.05) is 66.7 Å². The van der Waals surface area contributed by atoms with Crippen LogP contribution in [0, 0.1) is 6.92 Å². The van der Waals surface area contributed by atoms with Crippen molar-refractivity contribution >= 4 is 31.7 Å². The van der Waals surface area contributed by atoms with E-state index in [-0.39, 0.29) is 11.5 Å². The number of hydrogen-bond donors (Lipinski definition) is 1. The van der Waals surface area contributed by atoms with Crippen molar-refractivity contribution < 1.29 is 22.4 Å². The first-order valence-corrected chi connectivity index (χ1v) is 13.1. The Bertz CT molecular complexity index is 1690. The lowest BCUT2D eigenvalue weighted by atomic mass is 9.97. The molecule has 1 fully saturated rings. The fourth-order valence-corrected chi connectivity index (χ4v) is 6.25. The van der Waals surface area contributed by atoms with Gasteiger partial charge in [-0.3, -0.25) is 4.55 Å². The van der Waals surface area contributed by atoms with Crippen LogP contribution in [0.2, 0.25) is 0 Å². The summed E-state index contributed by atoms with van der Waals surface area (Å²) in [5.74, 6) is -1.21. The van der Waals surface area contributed by atoms with Crippen molar-refractivity contribution in [1.82, 2.24) is 9.55 Å². The molecule has 1 N–H and O–H groups in total. The Morgan fingerprint density at radius 2 is 1.75 bits per heavy atom. The van der Waals surface area contributed by atoms with Gasteiger partial charge in [-0.15, -0.1) is 0 Å². The molecule has 36 heavy (non-hydrogen) atoms. The molecule has 0 radical (unpaired) electrons. The fourth-order valence-electron chi connectivity index (χ4n) is 5.27. The Balaban J connectivity index is 1.53. The lowest BCUT2D eigenvalue weighted by Gasteiger charge is -2.30. The molecule has 6 rings (SSSR count). The molecule has 0 saturated carbocycles. The Kier molecular flexibility index (Phi) is 5.42. The van der Waals surface area contributed by atoms with Gasteiger partial charge in [0, 0.05) is 23.5 Å². The summed E-state index contributed by atoms with van der Waals surface area (Å²) in [6.07, 6.45) is 4.48. The zero-order valence-corrected chi connectivity index (χ0v) is 20.4. The number of nitrogens with zero attached hydrogens (tertiary/aromatic N) is 2. The molecule has 0 aliphatic carbocycles. The van der Waals surface area contributed by atoms with Gasteiger partial charge >= 0.3 is 0 Å². The van der Waals surface area contributed by atoms with E-state index in [9.17, 15) is 13.0 Å². The second kappa shape index (κ2) is 8.53. The average molecular weight is 501 g/mol. The molecule has 182 valence electrons. The van der Waals surface area contributed by atoms with Gasteiger partial charge in [0.15, 0.2) is 0 Å². The smallest absolute Gasteiger partial charge is 0.295 e. The van der Waals surface area contributed by atoms with E-state index in [0.29, 0.717) is 17.7 Å². The van der Waals surface area contributed by atoms with Crippen molar-refractivity contribution in [2.45, 2.75) is 30.3 Å². The monoisotopic (exact) mass is 500 g/mol.